The van der Waals surface area contributed by atoms with Gasteiger partial charge in [0, 0.05) is 25.2 Å². The highest BCUT2D eigenvalue weighted by Gasteiger charge is 2.19. The molecule has 1 aromatic carbocycles. The van der Waals surface area contributed by atoms with Crippen molar-refractivity contribution in [1.29, 1.82) is 0 Å². The summed E-state index contributed by atoms with van der Waals surface area (Å²) in [7, 11) is 0. The van der Waals surface area contributed by atoms with Gasteiger partial charge in [-0.3, -0.25) is 14.3 Å². The number of para-hydroxylation sites is 1. The summed E-state index contributed by atoms with van der Waals surface area (Å²) < 4.78 is 2.01. The normalized spacial score (nSPS) is 11.1. The van der Waals surface area contributed by atoms with E-state index in [2.05, 4.69) is 24.3 Å². The number of carbonyl (C=O) groups excluding carboxylic acids is 2. The third-order valence-electron chi connectivity index (χ3n) is 4.95. The second-order valence-corrected chi connectivity index (χ2v) is 8.59. The van der Waals surface area contributed by atoms with Crippen LogP contribution in [0, 0.1) is 19.8 Å². The lowest BCUT2D eigenvalue weighted by Crippen LogP contribution is -2.38. The van der Waals surface area contributed by atoms with Crippen LogP contribution in [0.25, 0.3) is 0 Å². The van der Waals surface area contributed by atoms with Crippen LogP contribution in [-0.2, 0) is 22.6 Å². The van der Waals surface area contributed by atoms with Gasteiger partial charge in [-0.25, -0.2) is 0 Å². The van der Waals surface area contributed by atoms with Crippen LogP contribution in [0.4, 0.5) is 5.69 Å². The number of aromatic nitrogens is 2. The third-order valence-corrected chi connectivity index (χ3v) is 5.58. The monoisotopic (exact) mass is 452 g/mol. The number of likely N-dealkylation sites (N-methyl/N-ethyl adjacent to an activating group) is 1. The van der Waals surface area contributed by atoms with E-state index in [1.165, 1.54) is 4.90 Å². The summed E-state index contributed by atoms with van der Waals surface area (Å²) in [5.41, 5.74) is 3.52. The number of hydrogen-bond acceptors (Lipinski definition) is 3. The molecule has 8 heteroatoms. The Kier molecular flexibility index (Phi) is 8.74. The molecule has 2 aromatic rings. The van der Waals surface area contributed by atoms with E-state index in [1.807, 2.05) is 25.5 Å². The lowest BCUT2D eigenvalue weighted by Gasteiger charge is -2.21. The highest BCUT2D eigenvalue weighted by molar-refractivity contribution is 6.39. The fourth-order valence-corrected chi connectivity index (χ4v) is 3.85. The number of amides is 2. The second kappa shape index (κ2) is 10.8. The average molecular weight is 453 g/mol. The Bertz CT molecular complexity index is 889. The van der Waals surface area contributed by atoms with E-state index in [4.69, 9.17) is 23.2 Å². The molecule has 1 aromatic heterocycles. The first kappa shape index (κ1) is 24.2. The summed E-state index contributed by atoms with van der Waals surface area (Å²) >= 11 is 12.2. The molecule has 0 aliphatic heterocycles. The Morgan fingerprint density at radius 1 is 1.20 bits per heavy atom. The maximum absolute atomic E-state index is 12.7. The molecule has 2 rings (SSSR count). The van der Waals surface area contributed by atoms with Crippen LogP contribution in [0.1, 0.15) is 44.1 Å². The zero-order valence-electron chi connectivity index (χ0n) is 18.3. The summed E-state index contributed by atoms with van der Waals surface area (Å²) in [6.45, 7) is 11.4. The number of halogens is 2. The maximum Gasteiger partial charge on any atom is 0.244 e. The molecule has 0 fully saturated rings. The largest absolute Gasteiger partial charge is 0.334 e. The van der Waals surface area contributed by atoms with Crippen LogP contribution >= 0.6 is 23.2 Å². The first-order chi connectivity index (χ1) is 14.1. The first-order valence-corrected chi connectivity index (χ1v) is 10.9. The van der Waals surface area contributed by atoms with Crippen LogP contribution in [0.5, 0.6) is 0 Å². The molecule has 6 nitrogen and oxygen atoms in total. The fourth-order valence-electron chi connectivity index (χ4n) is 3.36. The quantitative estimate of drug-likeness (QED) is 0.588. The number of nitrogens with zero attached hydrogens (tertiary/aromatic N) is 3. The minimum atomic E-state index is -0.336. The summed E-state index contributed by atoms with van der Waals surface area (Å²) in [4.78, 5) is 26.7. The van der Waals surface area contributed by atoms with Crippen molar-refractivity contribution in [3.8, 4) is 0 Å². The number of benzene rings is 1. The van der Waals surface area contributed by atoms with Gasteiger partial charge in [-0.1, -0.05) is 43.1 Å². The molecule has 0 aliphatic rings. The van der Waals surface area contributed by atoms with E-state index >= 15 is 0 Å². The molecule has 0 radical (unpaired) electrons. The van der Waals surface area contributed by atoms with Crippen molar-refractivity contribution in [2.75, 3.05) is 18.4 Å². The number of rotatable bonds is 9. The number of carbonyl (C=O) groups is 2. The van der Waals surface area contributed by atoms with Crippen LogP contribution in [-0.4, -0.2) is 39.6 Å². The predicted octanol–water partition coefficient (Wildman–Crippen LogP) is 4.88. The summed E-state index contributed by atoms with van der Waals surface area (Å²) in [6.07, 6.45) is 0.923. The highest BCUT2D eigenvalue weighted by Crippen LogP contribution is 2.29. The fraction of sp³-hybridized carbons (Fsp3) is 0.500. The molecule has 0 atom stereocenters. The van der Waals surface area contributed by atoms with Crippen molar-refractivity contribution in [3.63, 3.8) is 0 Å². The van der Waals surface area contributed by atoms with Gasteiger partial charge in [-0.15, -0.1) is 0 Å². The lowest BCUT2D eigenvalue weighted by atomic mass is 10.1. The van der Waals surface area contributed by atoms with Crippen LogP contribution in [0.2, 0.25) is 10.0 Å². The van der Waals surface area contributed by atoms with Gasteiger partial charge in [0.25, 0.3) is 0 Å². The molecule has 0 aliphatic carbocycles. The number of hydrogen-bond donors (Lipinski definition) is 1. The van der Waals surface area contributed by atoms with Crippen molar-refractivity contribution in [2.24, 2.45) is 5.92 Å². The minimum absolute atomic E-state index is 0.0541. The number of aryl methyl sites for hydroxylation is 1. The molecule has 164 valence electrons. The predicted molar refractivity (Wildman–Crippen MR) is 122 cm³/mol. The summed E-state index contributed by atoms with van der Waals surface area (Å²) in [5.74, 6) is 0.0869. The molecule has 1 heterocycles. The van der Waals surface area contributed by atoms with Crippen LogP contribution in [0.3, 0.4) is 0 Å². The molecular weight excluding hydrogens is 423 g/mol. The zero-order valence-corrected chi connectivity index (χ0v) is 19.8. The van der Waals surface area contributed by atoms with Gasteiger partial charge >= 0.3 is 0 Å². The Balaban J connectivity index is 1.98. The molecule has 2 amide bonds. The van der Waals surface area contributed by atoms with Gasteiger partial charge in [-0.05, 0) is 50.8 Å². The van der Waals surface area contributed by atoms with Gasteiger partial charge in [0.05, 0.1) is 28.0 Å². The van der Waals surface area contributed by atoms with Crippen molar-refractivity contribution in [2.45, 2.75) is 54.0 Å². The van der Waals surface area contributed by atoms with E-state index in [9.17, 15) is 9.59 Å². The van der Waals surface area contributed by atoms with E-state index in [0.717, 1.165) is 23.5 Å². The first-order valence-electron chi connectivity index (χ1n) is 10.2. The zero-order chi connectivity index (χ0) is 22.4. The molecule has 1 N–H and O–H groups in total. The van der Waals surface area contributed by atoms with Gasteiger partial charge in [-0.2, -0.15) is 5.10 Å². The van der Waals surface area contributed by atoms with Crippen LogP contribution in [0.15, 0.2) is 18.2 Å². The lowest BCUT2D eigenvalue weighted by molar-refractivity contribution is -0.134. The number of anilines is 1. The maximum atomic E-state index is 12.7. The van der Waals surface area contributed by atoms with E-state index in [-0.39, 0.29) is 18.4 Å². The van der Waals surface area contributed by atoms with Crippen molar-refractivity contribution in [3.05, 3.63) is 45.2 Å². The Labute approximate surface area is 188 Å². The molecule has 0 spiro atoms. The average Bonchev–Trinajstić information content (AvgIpc) is 2.93. The number of nitrogens with one attached hydrogen (secondary N) is 1. The minimum Gasteiger partial charge on any atom is -0.334 e. The van der Waals surface area contributed by atoms with E-state index < -0.39 is 0 Å². The topological polar surface area (TPSA) is 67.2 Å². The molecule has 0 saturated heterocycles. The highest BCUT2D eigenvalue weighted by atomic mass is 35.5. The van der Waals surface area contributed by atoms with Crippen LogP contribution < -0.4 is 5.32 Å². The Morgan fingerprint density at radius 2 is 1.83 bits per heavy atom. The molecule has 30 heavy (non-hydrogen) atoms. The smallest absolute Gasteiger partial charge is 0.244 e. The third kappa shape index (κ3) is 6.22. The molecular formula is C22H30Cl2N4O2. The van der Waals surface area contributed by atoms with Crippen molar-refractivity contribution >= 4 is 40.7 Å². The van der Waals surface area contributed by atoms with Gasteiger partial charge < -0.3 is 10.2 Å². The Hall–Kier alpha value is -2.05. The Morgan fingerprint density at radius 3 is 2.40 bits per heavy atom. The molecule has 0 unspecified atom stereocenters. The molecule has 0 saturated carbocycles. The van der Waals surface area contributed by atoms with Gasteiger partial charge in [0.1, 0.15) is 0 Å². The summed E-state index contributed by atoms with van der Waals surface area (Å²) in [5, 5.41) is 8.02. The van der Waals surface area contributed by atoms with Gasteiger partial charge in [0.2, 0.25) is 11.8 Å². The van der Waals surface area contributed by atoms with Crippen molar-refractivity contribution in [1.82, 2.24) is 14.7 Å². The van der Waals surface area contributed by atoms with Gasteiger partial charge in [0.15, 0.2) is 0 Å². The van der Waals surface area contributed by atoms with E-state index in [1.54, 1.807) is 18.2 Å². The van der Waals surface area contributed by atoms with Crippen molar-refractivity contribution < 1.29 is 9.59 Å². The second-order valence-electron chi connectivity index (χ2n) is 7.78. The standard InChI is InChI=1S/C22H30Cl2N4O2/c1-6-27(13-20(29)25-22-18(23)8-7-9-19(22)24)21(30)11-10-17-15(4)26-28(16(17)5)12-14(2)3/h7-9,14H,6,10-13H2,1-5H3,(H,25,29). The van der Waals surface area contributed by atoms with E-state index in [0.29, 0.717) is 41.0 Å². The molecule has 0 bridgehead atoms. The SMILES string of the molecule is CCN(CC(=O)Nc1c(Cl)cccc1Cl)C(=O)CCc1c(C)nn(CC(C)C)c1C. The summed E-state index contributed by atoms with van der Waals surface area (Å²) in [6, 6.07) is 5.00.